The first-order chi connectivity index (χ1) is 6.52. The van der Waals surface area contributed by atoms with E-state index in [9.17, 15) is 4.79 Å². The molecule has 1 unspecified atom stereocenters. The van der Waals surface area contributed by atoms with Crippen LogP contribution < -0.4 is 0 Å². The lowest BCUT2D eigenvalue weighted by molar-refractivity contribution is -0.146. The first-order valence-corrected chi connectivity index (χ1v) is 5.47. The van der Waals surface area contributed by atoms with Crippen molar-refractivity contribution in [2.75, 3.05) is 6.61 Å². The molecule has 1 heterocycles. The fourth-order valence-corrected chi connectivity index (χ4v) is 2.29. The third-order valence-corrected chi connectivity index (χ3v) is 3.39. The van der Waals surface area contributed by atoms with Crippen molar-refractivity contribution in [3.05, 3.63) is 0 Å². The van der Waals surface area contributed by atoms with Gasteiger partial charge in [-0.3, -0.25) is 4.79 Å². The summed E-state index contributed by atoms with van der Waals surface area (Å²) >= 11 is 0. The standard InChI is InChI=1S/C11H19NO2/c1-8-12(11(2,3)7-14-8)10(13)9-5-4-6-9/h8-9H,4-7H2,1-3H3. The number of nitrogens with zero attached hydrogens (tertiary/aromatic N) is 1. The van der Waals surface area contributed by atoms with E-state index < -0.39 is 0 Å². The second-order valence-electron chi connectivity index (χ2n) is 5.06. The van der Waals surface area contributed by atoms with Gasteiger partial charge in [-0.2, -0.15) is 0 Å². The number of amides is 1. The van der Waals surface area contributed by atoms with Crippen molar-refractivity contribution in [2.45, 2.75) is 51.8 Å². The quantitative estimate of drug-likeness (QED) is 0.641. The van der Waals surface area contributed by atoms with E-state index in [1.54, 1.807) is 0 Å². The van der Waals surface area contributed by atoms with Crippen molar-refractivity contribution in [3.8, 4) is 0 Å². The topological polar surface area (TPSA) is 29.5 Å². The van der Waals surface area contributed by atoms with Crippen molar-refractivity contribution in [3.63, 3.8) is 0 Å². The van der Waals surface area contributed by atoms with E-state index in [1.807, 2.05) is 11.8 Å². The van der Waals surface area contributed by atoms with Gasteiger partial charge in [-0.1, -0.05) is 6.42 Å². The van der Waals surface area contributed by atoms with E-state index in [4.69, 9.17) is 4.74 Å². The maximum atomic E-state index is 12.1. The Bertz CT molecular complexity index is 246. The van der Waals surface area contributed by atoms with Crippen molar-refractivity contribution in [1.82, 2.24) is 4.90 Å². The molecule has 0 N–H and O–H groups in total. The van der Waals surface area contributed by atoms with Gasteiger partial charge in [0.25, 0.3) is 0 Å². The van der Waals surface area contributed by atoms with E-state index in [0.29, 0.717) is 12.5 Å². The Morgan fingerprint density at radius 2 is 2.07 bits per heavy atom. The molecular formula is C11H19NO2. The first-order valence-electron chi connectivity index (χ1n) is 5.47. The minimum Gasteiger partial charge on any atom is -0.356 e. The lowest BCUT2D eigenvalue weighted by Gasteiger charge is -2.37. The van der Waals surface area contributed by atoms with Crippen LogP contribution in [0.2, 0.25) is 0 Å². The van der Waals surface area contributed by atoms with Gasteiger partial charge < -0.3 is 9.64 Å². The summed E-state index contributed by atoms with van der Waals surface area (Å²) in [6.45, 7) is 6.78. The summed E-state index contributed by atoms with van der Waals surface area (Å²) in [5.74, 6) is 0.574. The van der Waals surface area contributed by atoms with Crippen LogP contribution in [0.25, 0.3) is 0 Å². The molecule has 1 saturated heterocycles. The molecule has 3 nitrogen and oxygen atoms in total. The summed E-state index contributed by atoms with van der Waals surface area (Å²) in [6.07, 6.45) is 3.30. The second-order valence-corrected chi connectivity index (χ2v) is 5.06. The molecule has 1 aliphatic heterocycles. The Hall–Kier alpha value is -0.570. The highest BCUT2D eigenvalue weighted by Crippen LogP contribution is 2.34. The maximum absolute atomic E-state index is 12.1. The number of carbonyl (C=O) groups is 1. The van der Waals surface area contributed by atoms with Gasteiger partial charge in [0, 0.05) is 5.92 Å². The predicted molar refractivity (Wildman–Crippen MR) is 53.7 cm³/mol. The van der Waals surface area contributed by atoms with Gasteiger partial charge in [-0.15, -0.1) is 0 Å². The molecule has 1 amide bonds. The Morgan fingerprint density at radius 3 is 2.43 bits per heavy atom. The third-order valence-electron chi connectivity index (χ3n) is 3.39. The molecular weight excluding hydrogens is 178 g/mol. The van der Waals surface area contributed by atoms with Crippen LogP contribution in [0.3, 0.4) is 0 Å². The molecule has 3 heteroatoms. The molecule has 2 fully saturated rings. The van der Waals surface area contributed by atoms with Gasteiger partial charge in [-0.05, 0) is 33.6 Å². The van der Waals surface area contributed by atoms with Gasteiger partial charge >= 0.3 is 0 Å². The Kier molecular flexibility index (Phi) is 2.30. The van der Waals surface area contributed by atoms with Gasteiger partial charge in [0.15, 0.2) is 0 Å². The molecule has 0 radical (unpaired) electrons. The predicted octanol–water partition coefficient (Wildman–Crippen LogP) is 1.77. The van der Waals surface area contributed by atoms with E-state index in [-0.39, 0.29) is 17.7 Å². The van der Waals surface area contributed by atoms with Gasteiger partial charge in [0.2, 0.25) is 5.91 Å². The summed E-state index contributed by atoms with van der Waals surface area (Å²) < 4.78 is 5.53. The van der Waals surface area contributed by atoms with Crippen LogP contribution in [0.1, 0.15) is 40.0 Å². The molecule has 80 valence electrons. The lowest BCUT2D eigenvalue weighted by atomic mass is 9.83. The fraction of sp³-hybridized carbons (Fsp3) is 0.909. The average Bonchev–Trinajstić information content (AvgIpc) is 2.21. The summed E-state index contributed by atoms with van der Waals surface area (Å²) in [6, 6.07) is 0. The highest BCUT2D eigenvalue weighted by molar-refractivity contribution is 5.80. The minimum absolute atomic E-state index is 0.0434. The van der Waals surface area contributed by atoms with Crippen molar-refractivity contribution in [2.24, 2.45) is 5.92 Å². The maximum Gasteiger partial charge on any atom is 0.228 e. The van der Waals surface area contributed by atoms with Crippen LogP contribution in [0.5, 0.6) is 0 Å². The Labute approximate surface area is 85.4 Å². The molecule has 0 aromatic rings. The highest BCUT2D eigenvalue weighted by atomic mass is 16.5. The smallest absolute Gasteiger partial charge is 0.228 e. The molecule has 0 bridgehead atoms. The SMILES string of the molecule is CC1OCC(C)(C)N1C(=O)C1CCC1. The zero-order valence-electron chi connectivity index (χ0n) is 9.25. The second kappa shape index (κ2) is 3.23. The largest absolute Gasteiger partial charge is 0.356 e. The van der Waals surface area contributed by atoms with Gasteiger partial charge in [0.1, 0.15) is 6.23 Å². The fourth-order valence-electron chi connectivity index (χ4n) is 2.29. The molecule has 1 aliphatic carbocycles. The van der Waals surface area contributed by atoms with Crippen LogP contribution in [-0.4, -0.2) is 29.2 Å². The summed E-state index contributed by atoms with van der Waals surface area (Å²) in [5.41, 5.74) is -0.119. The minimum atomic E-state index is -0.119. The molecule has 2 rings (SSSR count). The number of carbonyl (C=O) groups excluding carboxylic acids is 1. The van der Waals surface area contributed by atoms with Gasteiger partial charge in [0.05, 0.1) is 12.1 Å². The number of hydrogen-bond acceptors (Lipinski definition) is 2. The zero-order valence-corrected chi connectivity index (χ0v) is 9.25. The molecule has 0 aromatic carbocycles. The van der Waals surface area contributed by atoms with Gasteiger partial charge in [-0.25, -0.2) is 0 Å². The Balaban J connectivity index is 2.10. The number of hydrogen-bond donors (Lipinski definition) is 0. The number of ether oxygens (including phenoxy) is 1. The Morgan fingerprint density at radius 1 is 1.43 bits per heavy atom. The van der Waals surface area contributed by atoms with E-state index >= 15 is 0 Å². The van der Waals surface area contributed by atoms with E-state index in [2.05, 4.69) is 13.8 Å². The van der Waals surface area contributed by atoms with Crippen LogP contribution in [0.4, 0.5) is 0 Å². The van der Waals surface area contributed by atoms with Crippen molar-refractivity contribution < 1.29 is 9.53 Å². The summed E-state index contributed by atoms with van der Waals surface area (Å²) in [4.78, 5) is 14.0. The molecule has 2 aliphatic rings. The third kappa shape index (κ3) is 1.44. The monoisotopic (exact) mass is 197 g/mol. The normalized spacial score (nSPS) is 31.6. The summed E-state index contributed by atoms with van der Waals surface area (Å²) in [7, 11) is 0. The molecule has 1 atom stereocenters. The van der Waals surface area contributed by atoms with E-state index in [0.717, 1.165) is 12.8 Å². The molecule has 0 spiro atoms. The average molecular weight is 197 g/mol. The van der Waals surface area contributed by atoms with Crippen LogP contribution in [-0.2, 0) is 9.53 Å². The highest BCUT2D eigenvalue weighted by Gasteiger charge is 2.44. The molecule has 0 aromatic heterocycles. The van der Waals surface area contributed by atoms with Crippen LogP contribution in [0.15, 0.2) is 0 Å². The summed E-state index contributed by atoms with van der Waals surface area (Å²) in [5, 5.41) is 0. The van der Waals surface area contributed by atoms with E-state index in [1.165, 1.54) is 6.42 Å². The first kappa shape index (κ1) is 9.97. The molecule has 1 saturated carbocycles. The van der Waals surface area contributed by atoms with Crippen LogP contribution in [0, 0.1) is 5.92 Å². The number of rotatable bonds is 1. The zero-order chi connectivity index (χ0) is 10.3. The van der Waals surface area contributed by atoms with Crippen molar-refractivity contribution >= 4 is 5.91 Å². The van der Waals surface area contributed by atoms with Crippen molar-refractivity contribution in [1.29, 1.82) is 0 Å². The van der Waals surface area contributed by atoms with Crippen LogP contribution >= 0.6 is 0 Å². The molecule has 14 heavy (non-hydrogen) atoms. The lowest BCUT2D eigenvalue weighted by Crippen LogP contribution is -2.50.